The van der Waals surface area contributed by atoms with E-state index in [-0.39, 0.29) is 29.6 Å². The zero-order valence-corrected chi connectivity index (χ0v) is 12.6. The Bertz CT molecular complexity index is 557. The Kier molecular flexibility index (Phi) is 5.25. The molecule has 1 fully saturated rings. The number of phenols is 1. The van der Waals surface area contributed by atoms with Gasteiger partial charge in [-0.1, -0.05) is 0 Å². The minimum Gasteiger partial charge on any atom is -0.507 e. The van der Waals surface area contributed by atoms with E-state index >= 15 is 0 Å². The van der Waals surface area contributed by atoms with Crippen molar-refractivity contribution in [3.63, 3.8) is 0 Å². The quantitative estimate of drug-likeness (QED) is 0.870. The number of ether oxygens (including phenoxy) is 1. The van der Waals surface area contributed by atoms with Gasteiger partial charge in [0.15, 0.2) is 0 Å². The highest BCUT2D eigenvalue weighted by atomic mass is 16.5. The largest absolute Gasteiger partial charge is 0.507 e. The number of carboxylic acids is 1. The van der Waals surface area contributed by atoms with Gasteiger partial charge in [0.2, 0.25) is 0 Å². The van der Waals surface area contributed by atoms with Gasteiger partial charge < -0.3 is 19.8 Å². The second kappa shape index (κ2) is 7.15. The molecular weight excluding hydrogens is 286 g/mol. The third-order valence-electron chi connectivity index (χ3n) is 4.01. The van der Waals surface area contributed by atoms with Crippen molar-refractivity contribution in [3.05, 3.63) is 23.8 Å². The molecule has 1 saturated heterocycles. The van der Waals surface area contributed by atoms with Crippen LogP contribution in [-0.2, 0) is 4.79 Å². The number of nitrogens with zero attached hydrogens (tertiary/aromatic N) is 1. The molecule has 0 spiro atoms. The average Bonchev–Trinajstić information content (AvgIpc) is 2.53. The number of hydrogen-bond donors (Lipinski definition) is 2. The van der Waals surface area contributed by atoms with Crippen LogP contribution in [0.5, 0.6) is 11.5 Å². The Morgan fingerprint density at radius 3 is 2.86 bits per heavy atom. The molecule has 1 aromatic rings. The molecule has 0 saturated carbocycles. The summed E-state index contributed by atoms with van der Waals surface area (Å²) in [4.78, 5) is 24.9. The summed E-state index contributed by atoms with van der Waals surface area (Å²) in [5, 5.41) is 18.7. The van der Waals surface area contributed by atoms with E-state index in [4.69, 9.17) is 9.84 Å². The van der Waals surface area contributed by atoms with Crippen LogP contribution >= 0.6 is 0 Å². The lowest BCUT2D eigenvalue weighted by molar-refractivity contribution is -0.137. The van der Waals surface area contributed by atoms with E-state index in [0.29, 0.717) is 25.3 Å². The van der Waals surface area contributed by atoms with Crippen molar-refractivity contribution in [1.29, 1.82) is 0 Å². The van der Waals surface area contributed by atoms with Gasteiger partial charge in [-0.25, -0.2) is 0 Å². The number of piperidine rings is 1. The number of carbonyl (C=O) groups is 2. The lowest BCUT2D eigenvalue weighted by Gasteiger charge is -2.32. The number of amides is 1. The predicted octanol–water partition coefficient (Wildman–Crippen LogP) is 2.12. The molecule has 1 aromatic carbocycles. The predicted molar refractivity (Wildman–Crippen MR) is 80.2 cm³/mol. The van der Waals surface area contributed by atoms with Crippen molar-refractivity contribution >= 4 is 11.9 Å². The number of rotatable bonds is 5. The molecule has 2 rings (SSSR count). The van der Waals surface area contributed by atoms with Gasteiger partial charge >= 0.3 is 5.97 Å². The second-order valence-electron chi connectivity index (χ2n) is 5.57. The standard InChI is InChI=1S/C16H21NO5/c1-22-12-5-6-14(18)13(9-12)16(21)17-8-2-3-11(10-17)4-7-15(19)20/h5-6,9,11,18H,2-4,7-8,10H2,1H3,(H,19,20). The molecule has 120 valence electrons. The number of likely N-dealkylation sites (tertiary alicyclic amines) is 1. The SMILES string of the molecule is COc1ccc(O)c(C(=O)N2CCCC(CCC(=O)O)C2)c1. The number of benzene rings is 1. The maximum absolute atomic E-state index is 12.6. The zero-order chi connectivity index (χ0) is 16.1. The normalized spacial score (nSPS) is 18.0. The summed E-state index contributed by atoms with van der Waals surface area (Å²) in [7, 11) is 1.50. The fraction of sp³-hybridized carbons (Fsp3) is 0.500. The summed E-state index contributed by atoms with van der Waals surface area (Å²) in [5.74, 6) is -0.411. The third-order valence-corrected chi connectivity index (χ3v) is 4.01. The molecule has 1 aliphatic heterocycles. The smallest absolute Gasteiger partial charge is 0.303 e. The molecule has 1 unspecified atom stereocenters. The molecule has 0 aromatic heterocycles. The molecule has 0 radical (unpaired) electrons. The van der Waals surface area contributed by atoms with Crippen molar-refractivity contribution in [1.82, 2.24) is 4.90 Å². The van der Waals surface area contributed by atoms with E-state index < -0.39 is 5.97 Å². The Labute approximate surface area is 129 Å². The number of phenolic OH excluding ortho intramolecular Hbond substituents is 1. The van der Waals surface area contributed by atoms with Crippen molar-refractivity contribution < 1.29 is 24.5 Å². The lowest BCUT2D eigenvalue weighted by atomic mass is 9.93. The summed E-state index contributed by atoms with van der Waals surface area (Å²) < 4.78 is 5.09. The van der Waals surface area contributed by atoms with Crippen LogP contribution in [0.25, 0.3) is 0 Å². The van der Waals surface area contributed by atoms with Gasteiger partial charge in [0.25, 0.3) is 5.91 Å². The molecule has 1 heterocycles. The van der Waals surface area contributed by atoms with Gasteiger partial charge in [0, 0.05) is 19.5 Å². The van der Waals surface area contributed by atoms with Gasteiger partial charge in [0.05, 0.1) is 12.7 Å². The van der Waals surface area contributed by atoms with Crippen LogP contribution in [0.2, 0.25) is 0 Å². The Morgan fingerprint density at radius 1 is 1.41 bits per heavy atom. The first-order valence-electron chi connectivity index (χ1n) is 7.39. The van der Waals surface area contributed by atoms with Crippen LogP contribution in [0, 0.1) is 5.92 Å². The molecule has 0 bridgehead atoms. The topological polar surface area (TPSA) is 87.1 Å². The summed E-state index contributed by atoms with van der Waals surface area (Å²) in [6.07, 6.45) is 2.47. The molecule has 6 heteroatoms. The second-order valence-corrected chi connectivity index (χ2v) is 5.57. The highest BCUT2D eigenvalue weighted by molar-refractivity contribution is 5.97. The molecule has 2 N–H and O–H groups in total. The van der Waals surface area contributed by atoms with E-state index in [0.717, 1.165) is 12.8 Å². The fourth-order valence-electron chi connectivity index (χ4n) is 2.80. The average molecular weight is 307 g/mol. The summed E-state index contributed by atoms with van der Waals surface area (Å²) in [5.41, 5.74) is 0.221. The summed E-state index contributed by atoms with van der Waals surface area (Å²) >= 11 is 0. The minimum absolute atomic E-state index is 0.0709. The van der Waals surface area contributed by atoms with Crippen LogP contribution in [0.3, 0.4) is 0 Å². The van der Waals surface area contributed by atoms with Gasteiger partial charge in [-0.15, -0.1) is 0 Å². The maximum Gasteiger partial charge on any atom is 0.303 e. The van der Waals surface area contributed by atoms with Crippen LogP contribution in [0.15, 0.2) is 18.2 Å². The number of aromatic hydroxyl groups is 1. The van der Waals surface area contributed by atoms with Gasteiger partial charge in [-0.05, 0) is 43.4 Å². The van der Waals surface area contributed by atoms with Crippen LogP contribution < -0.4 is 4.74 Å². The van der Waals surface area contributed by atoms with Crippen molar-refractivity contribution in [2.75, 3.05) is 20.2 Å². The summed E-state index contributed by atoms with van der Waals surface area (Å²) in [6.45, 7) is 1.15. The van der Waals surface area contributed by atoms with E-state index in [1.54, 1.807) is 11.0 Å². The van der Waals surface area contributed by atoms with Gasteiger partial charge in [-0.3, -0.25) is 9.59 Å². The highest BCUT2D eigenvalue weighted by Crippen LogP contribution is 2.27. The Balaban J connectivity index is 2.07. The minimum atomic E-state index is -0.811. The number of carbonyl (C=O) groups excluding carboxylic acids is 1. The molecule has 1 aliphatic rings. The molecule has 0 aliphatic carbocycles. The highest BCUT2D eigenvalue weighted by Gasteiger charge is 2.26. The number of carboxylic acid groups (broad SMARTS) is 1. The van der Waals surface area contributed by atoms with Crippen molar-refractivity contribution in [2.24, 2.45) is 5.92 Å². The van der Waals surface area contributed by atoms with Gasteiger partial charge in [0.1, 0.15) is 11.5 Å². The first kappa shape index (κ1) is 16.1. The Hall–Kier alpha value is -2.24. The maximum atomic E-state index is 12.6. The molecule has 22 heavy (non-hydrogen) atoms. The van der Waals surface area contributed by atoms with E-state index in [9.17, 15) is 14.7 Å². The molecular formula is C16H21NO5. The lowest BCUT2D eigenvalue weighted by Crippen LogP contribution is -2.40. The van der Waals surface area contributed by atoms with E-state index in [1.807, 2.05) is 0 Å². The van der Waals surface area contributed by atoms with Crippen LogP contribution in [0.1, 0.15) is 36.0 Å². The van der Waals surface area contributed by atoms with E-state index in [2.05, 4.69) is 0 Å². The van der Waals surface area contributed by atoms with Crippen LogP contribution in [0.4, 0.5) is 0 Å². The molecule has 1 atom stereocenters. The number of aliphatic carboxylic acids is 1. The zero-order valence-electron chi connectivity index (χ0n) is 12.6. The van der Waals surface area contributed by atoms with Crippen molar-refractivity contribution in [2.45, 2.75) is 25.7 Å². The number of methoxy groups -OCH3 is 1. The number of hydrogen-bond acceptors (Lipinski definition) is 4. The van der Waals surface area contributed by atoms with E-state index in [1.165, 1.54) is 19.2 Å². The van der Waals surface area contributed by atoms with Crippen molar-refractivity contribution in [3.8, 4) is 11.5 Å². The Morgan fingerprint density at radius 2 is 2.18 bits per heavy atom. The fourth-order valence-corrected chi connectivity index (χ4v) is 2.80. The first-order valence-corrected chi connectivity index (χ1v) is 7.39. The molecule has 6 nitrogen and oxygen atoms in total. The summed E-state index contributed by atoms with van der Waals surface area (Å²) in [6, 6.07) is 4.56. The monoisotopic (exact) mass is 307 g/mol. The first-order chi connectivity index (χ1) is 10.5. The third kappa shape index (κ3) is 3.90. The van der Waals surface area contributed by atoms with Gasteiger partial charge in [-0.2, -0.15) is 0 Å². The molecule has 1 amide bonds. The van der Waals surface area contributed by atoms with Crippen LogP contribution in [-0.4, -0.2) is 47.2 Å².